The fourth-order valence-corrected chi connectivity index (χ4v) is 6.71. The molecule has 0 unspecified atom stereocenters. The molecule has 2 aliphatic heterocycles. The number of rotatable bonds is 8. The first-order valence-corrected chi connectivity index (χ1v) is 14.7. The molecule has 10 heteroatoms. The fourth-order valence-electron chi connectivity index (χ4n) is 6.71. The highest BCUT2D eigenvalue weighted by Gasteiger charge is 2.37. The van der Waals surface area contributed by atoms with Crippen molar-refractivity contribution in [3.8, 4) is 0 Å². The van der Waals surface area contributed by atoms with Crippen LogP contribution in [0.25, 0.3) is 29.9 Å². The lowest BCUT2D eigenvalue weighted by Crippen LogP contribution is -2.16. The van der Waals surface area contributed by atoms with Gasteiger partial charge >= 0.3 is 17.9 Å². The summed E-state index contributed by atoms with van der Waals surface area (Å²) in [5, 5.41) is 35.1. The molecule has 0 amide bonds. The number of nitrogens with one attached hydrogen (secondary N) is 4. The number of carboxylic acids is 3. The highest BCUT2D eigenvalue weighted by atomic mass is 16.4. The van der Waals surface area contributed by atoms with Crippen LogP contribution in [-0.2, 0) is 16.0 Å². The second kappa shape index (κ2) is 11.6. The number of aliphatic carboxylic acids is 2. The Kier molecular flexibility index (Phi) is 8.03. The zero-order valence-corrected chi connectivity index (χ0v) is 25.6. The van der Waals surface area contributed by atoms with Crippen LogP contribution in [0, 0.1) is 32.6 Å². The molecule has 0 spiro atoms. The number of hydrogen-bond donors (Lipinski definition) is 7. The van der Waals surface area contributed by atoms with Crippen LogP contribution in [0.4, 0.5) is 0 Å². The van der Waals surface area contributed by atoms with Gasteiger partial charge in [-0.25, -0.2) is 4.79 Å². The topological polar surface area (TPSA) is 171 Å². The maximum Gasteiger partial charge on any atom is 0.338 e. The monoisotopic (exact) mass is 598 g/mol. The Balaban J connectivity index is 1.94. The number of carbonyl (C=O) groups is 3. The van der Waals surface area contributed by atoms with E-state index in [2.05, 4.69) is 39.8 Å². The van der Waals surface area contributed by atoms with Crippen molar-refractivity contribution in [2.24, 2.45) is 11.8 Å². The molecule has 3 aromatic rings. The van der Waals surface area contributed by atoms with E-state index in [1.807, 2.05) is 39.0 Å². The molecule has 230 valence electrons. The minimum Gasteiger partial charge on any atom is -0.481 e. The molecular weight excluding hydrogens is 560 g/mol. The number of aromatic nitrogens is 3. The standard InChI is InChI=1S/C34H38N4O6/c1-7-19-15(3)23-12-25-17(5)21(9-10-29(39)40)32(37-25)22(11-30(41)42)33-31(34(43)44)18(6)26(38-33)14-28-20(8-2)16(4)24(36-28)13-27(19)35-23/h7,12-14,17,21,35-38H,1,8-11H2,2-6H3,(H,39,40)(H,41,42)(H,43,44)/t17-,21+/m1/s1. The lowest BCUT2D eigenvalue weighted by molar-refractivity contribution is -0.137. The summed E-state index contributed by atoms with van der Waals surface area (Å²) in [6.07, 6.45) is 8.10. The van der Waals surface area contributed by atoms with Crippen molar-refractivity contribution in [1.82, 2.24) is 20.3 Å². The van der Waals surface area contributed by atoms with Crippen molar-refractivity contribution >= 4 is 47.8 Å². The second-order valence-corrected chi connectivity index (χ2v) is 11.6. The third kappa shape index (κ3) is 5.21. The summed E-state index contributed by atoms with van der Waals surface area (Å²) in [4.78, 5) is 47.0. The van der Waals surface area contributed by atoms with Crippen LogP contribution in [0.1, 0.15) is 94.1 Å². The van der Waals surface area contributed by atoms with Gasteiger partial charge in [0.25, 0.3) is 0 Å². The van der Waals surface area contributed by atoms with E-state index in [4.69, 9.17) is 0 Å². The van der Waals surface area contributed by atoms with Gasteiger partial charge in [0, 0.05) is 68.6 Å². The molecule has 5 rings (SSSR count). The molecule has 10 nitrogen and oxygen atoms in total. The van der Waals surface area contributed by atoms with Crippen LogP contribution < -0.4 is 16.0 Å². The van der Waals surface area contributed by atoms with Crippen molar-refractivity contribution in [2.45, 2.75) is 60.3 Å². The number of H-pyrrole nitrogens is 3. The summed E-state index contributed by atoms with van der Waals surface area (Å²) in [6.45, 7) is 13.8. The number of fused-ring (bicyclic) bond motifs is 8. The number of aromatic carboxylic acids is 1. The van der Waals surface area contributed by atoms with Gasteiger partial charge in [0.2, 0.25) is 0 Å². The molecule has 1 fully saturated rings. The largest absolute Gasteiger partial charge is 0.481 e. The van der Waals surface area contributed by atoms with E-state index in [9.17, 15) is 29.7 Å². The van der Waals surface area contributed by atoms with Gasteiger partial charge in [0.1, 0.15) is 0 Å². The van der Waals surface area contributed by atoms with E-state index in [1.54, 1.807) is 6.92 Å². The van der Waals surface area contributed by atoms with Crippen LogP contribution in [0.5, 0.6) is 0 Å². The summed E-state index contributed by atoms with van der Waals surface area (Å²) < 4.78 is 0. The van der Waals surface area contributed by atoms with Crippen molar-refractivity contribution in [1.29, 1.82) is 0 Å². The summed E-state index contributed by atoms with van der Waals surface area (Å²) in [6, 6.07) is 0. The average Bonchev–Trinajstić information content (AvgIpc) is 3.63. The summed E-state index contributed by atoms with van der Waals surface area (Å²) in [7, 11) is 0. The third-order valence-corrected chi connectivity index (χ3v) is 9.12. The third-order valence-electron chi connectivity index (χ3n) is 9.12. The average molecular weight is 599 g/mol. The molecule has 2 atom stereocenters. The van der Waals surface area contributed by atoms with E-state index < -0.39 is 24.3 Å². The van der Waals surface area contributed by atoms with E-state index in [0.29, 0.717) is 22.5 Å². The van der Waals surface area contributed by atoms with Crippen molar-refractivity contribution in [3.05, 3.63) is 84.8 Å². The normalized spacial score (nSPS) is 17.4. The maximum atomic E-state index is 12.7. The van der Waals surface area contributed by atoms with Gasteiger partial charge in [0.15, 0.2) is 0 Å². The Bertz CT molecular complexity index is 1910. The highest BCUT2D eigenvalue weighted by molar-refractivity contribution is 5.99. The van der Waals surface area contributed by atoms with Gasteiger partial charge in [-0.3, -0.25) is 9.59 Å². The van der Waals surface area contributed by atoms with E-state index in [-0.39, 0.29) is 35.9 Å². The van der Waals surface area contributed by atoms with E-state index in [1.165, 1.54) is 0 Å². The maximum absolute atomic E-state index is 12.7. The molecule has 5 heterocycles. The molecule has 1 saturated heterocycles. The van der Waals surface area contributed by atoms with Gasteiger partial charge in [-0.1, -0.05) is 26.5 Å². The molecule has 8 bridgehead atoms. The molecule has 0 saturated carbocycles. The molecule has 44 heavy (non-hydrogen) atoms. The Morgan fingerprint density at radius 3 is 2.18 bits per heavy atom. The molecular formula is C34H38N4O6. The van der Waals surface area contributed by atoms with Crippen molar-refractivity contribution < 1.29 is 29.7 Å². The predicted molar refractivity (Wildman–Crippen MR) is 169 cm³/mol. The van der Waals surface area contributed by atoms with Gasteiger partial charge in [-0.15, -0.1) is 0 Å². The fraction of sp³-hybridized carbons (Fsp3) is 0.324. The second-order valence-electron chi connectivity index (χ2n) is 11.6. The Labute approximate surface area is 254 Å². The minimum absolute atomic E-state index is 0.0126. The Morgan fingerprint density at radius 1 is 0.886 bits per heavy atom. The van der Waals surface area contributed by atoms with Crippen LogP contribution in [0.2, 0.25) is 0 Å². The van der Waals surface area contributed by atoms with Gasteiger partial charge in [-0.05, 0) is 74.1 Å². The van der Waals surface area contributed by atoms with Crippen molar-refractivity contribution in [3.63, 3.8) is 0 Å². The minimum atomic E-state index is -1.18. The van der Waals surface area contributed by atoms with Crippen molar-refractivity contribution in [2.75, 3.05) is 0 Å². The van der Waals surface area contributed by atoms with Crippen LogP contribution in [0.3, 0.4) is 0 Å². The molecule has 3 aromatic heterocycles. The van der Waals surface area contributed by atoms with E-state index >= 15 is 0 Å². The number of aromatic amines is 3. The summed E-state index contributed by atoms with van der Waals surface area (Å²) in [5.41, 5.74) is 8.56. The number of allylic oxidation sites excluding steroid dienone is 2. The van der Waals surface area contributed by atoms with Crippen LogP contribution in [-0.4, -0.2) is 48.2 Å². The molecule has 0 aliphatic carbocycles. The lowest BCUT2D eigenvalue weighted by atomic mass is 9.85. The quantitative estimate of drug-likeness (QED) is 0.201. The summed E-state index contributed by atoms with van der Waals surface area (Å²) in [5.74, 6) is -3.87. The zero-order chi connectivity index (χ0) is 32.0. The predicted octanol–water partition coefficient (Wildman–Crippen LogP) is 4.42. The Hall–Kier alpha value is -4.99. The first-order chi connectivity index (χ1) is 20.9. The van der Waals surface area contributed by atoms with Crippen LogP contribution >= 0.6 is 0 Å². The van der Waals surface area contributed by atoms with Crippen LogP contribution in [0.15, 0.2) is 18.0 Å². The highest BCUT2D eigenvalue weighted by Crippen LogP contribution is 2.42. The number of hydrogen-bond acceptors (Lipinski definition) is 4. The lowest BCUT2D eigenvalue weighted by Gasteiger charge is -2.18. The zero-order valence-electron chi connectivity index (χ0n) is 25.6. The molecule has 0 aromatic carbocycles. The SMILES string of the molecule is C=Cc1c2[nH]c(c1C)C=C1NC(=C(CC(=O)O)c3[nH]c(c(C)c3C(=O)O)C=c3[nH]c(c(C)c3CC)=C2)[C@@H](CCC(=O)O)[C@H]1C. The summed E-state index contributed by atoms with van der Waals surface area (Å²) >= 11 is 0. The molecule has 0 radical (unpaired) electrons. The van der Waals surface area contributed by atoms with Gasteiger partial charge < -0.3 is 35.6 Å². The first-order valence-electron chi connectivity index (χ1n) is 14.7. The molecule has 7 N–H and O–H groups in total. The Morgan fingerprint density at radius 2 is 1.57 bits per heavy atom. The smallest absolute Gasteiger partial charge is 0.338 e. The van der Waals surface area contributed by atoms with E-state index in [0.717, 1.165) is 56.5 Å². The molecule has 2 aliphatic rings. The van der Waals surface area contributed by atoms with Gasteiger partial charge in [0.05, 0.1) is 17.7 Å². The van der Waals surface area contributed by atoms with Gasteiger partial charge in [-0.2, -0.15) is 0 Å². The first kappa shape index (κ1) is 30.5. The number of carboxylic acid groups (broad SMARTS) is 3.